The molecule has 0 fully saturated rings. The van der Waals surface area contributed by atoms with Crippen LogP contribution in [0, 0.1) is 18.2 Å². The average Bonchev–Trinajstić information content (AvgIpc) is 2.32. The molecule has 1 aromatic carbocycles. The van der Waals surface area contributed by atoms with Crippen molar-refractivity contribution in [3.8, 4) is 5.75 Å². The number of rotatable bonds is 5. The van der Waals surface area contributed by atoms with Crippen molar-refractivity contribution in [3.05, 3.63) is 40.9 Å². The first-order valence-corrected chi connectivity index (χ1v) is 5.51. The molecule has 0 heterocycles. The first-order valence-electron chi connectivity index (χ1n) is 5.51. The summed E-state index contributed by atoms with van der Waals surface area (Å²) in [5.41, 5.74) is 4.54. The number of allylic oxidation sites excluding steroid dienone is 1. The minimum atomic E-state index is -1.40. The van der Waals surface area contributed by atoms with E-state index in [0.717, 1.165) is 12.1 Å². The fourth-order valence-electron chi connectivity index (χ4n) is 1.41. The lowest BCUT2D eigenvalue weighted by Gasteiger charge is -2.11. The van der Waals surface area contributed by atoms with Crippen molar-refractivity contribution in [3.63, 3.8) is 0 Å². The molecule has 0 saturated carbocycles. The quantitative estimate of drug-likeness (QED) is 0.432. The number of carboxylic acid groups (broad SMARTS) is 1. The zero-order chi connectivity index (χ0) is 15.4. The Bertz CT molecular complexity index is 623. The maximum absolute atomic E-state index is 13.8. The molecule has 0 aromatic heterocycles. The second-order valence-electron chi connectivity index (χ2n) is 4.01. The van der Waals surface area contributed by atoms with Crippen molar-refractivity contribution in [1.29, 1.82) is 5.41 Å². The molecule has 1 aromatic rings. The molecular weight excluding hydrogens is 267 g/mol. The van der Waals surface area contributed by atoms with Gasteiger partial charge in [0.05, 0.1) is 5.56 Å². The van der Waals surface area contributed by atoms with E-state index >= 15 is 0 Å². The van der Waals surface area contributed by atoms with Crippen LogP contribution in [0.2, 0.25) is 0 Å². The van der Waals surface area contributed by atoms with Gasteiger partial charge in [-0.05, 0) is 26.0 Å². The molecule has 0 unspecified atom stereocenters. The summed E-state index contributed by atoms with van der Waals surface area (Å²) in [5, 5.41) is 16.0. The lowest BCUT2D eigenvalue weighted by Crippen LogP contribution is -2.19. The van der Waals surface area contributed by atoms with Crippen LogP contribution in [0.25, 0.3) is 0 Å². The van der Waals surface area contributed by atoms with Crippen molar-refractivity contribution < 1.29 is 23.8 Å². The zero-order valence-electron chi connectivity index (χ0n) is 10.9. The number of ether oxygens (including phenoxy) is 1. The van der Waals surface area contributed by atoms with Crippen LogP contribution in [0.5, 0.6) is 5.75 Å². The Morgan fingerprint density at radius 3 is 2.50 bits per heavy atom. The van der Waals surface area contributed by atoms with Crippen LogP contribution in [-0.2, 0) is 4.79 Å². The number of amides is 1. The number of benzene rings is 1. The molecule has 1 rings (SSSR count). The largest absolute Gasteiger partial charge is 0.478 e. The third kappa shape index (κ3) is 3.41. The van der Waals surface area contributed by atoms with E-state index in [-0.39, 0.29) is 22.8 Å². The maximum atomic E-state index is 13.8. The van der Waals surface area contributed by atoms with Crippen LogP contribution in [-0.4, -0.2) is 22.7 Å². The normalized spacial score (nSPS) is 11.1. The van der Waals surface area contributed by atoms with E-state index in [9.17, 15) is 14.0 Å². The Hall–Kier alpha value is -2.70. The van der Waals surface area contributed by atoms with Crippen molar-refractivity contribution >= 4 is 17.6 Å². The monoisotopic (exact) mass is 280 g/mol. The predicted molar refractivity (Wildman–Crippen MR) is 69.4 cm³/mol. The minimum absolute atomic E-state index is 0.0269. The van der Waals surface area contributed by atoms with E-state index in [1.807, 2.05) is 0 Å². The predicted octanol–water partition coefficient (Wildman–Crippen LogP) is 1.62. The fourth-order valence-corrected chi connectivity index (χ4v) is 1.41. The molecule has 0 saturated heterocycles. The van der Waals surface area contributed by atoms with Crippen molar-refractivity contribution in [1.82, 2.24) is 0 Å². The van der Waals surface area contributed by atoms with Crippen LogP contribution < -0.4 is 10.5 Å². The number of nitrogens with one attached hydrogen (secondary N) is 1. The highest BCUT2D eigenvalue weighted by Crippen LogP contribution is 2.25. The van der Waals surface area contributed by atoms with Crippen LogP contribution in [0.1, 0.15) is 22.8 Å². The van der Waals surface area contributed by atoms with Gasteiger partial charge in [-0.25, -0.2) is 9.18 Å². The number of carboxylic acids is 1. The van der Waals surface area contributed by atoms with Gasteiger partial charge < -0.3 is 21.0 Å². The summed E-state index contributed by atoms with van der Waals surface area (Å²) in [6.07, 6.45) is 1.09. The van der Waals surface area contributed by atoms with Gasteiger partial charge in [0.1, 0.15) is 11.6 Å². The number of carbonyl (C=O) groups is 2. The summed E-state index contributed by atoms with van der Waals surface area (Å²) in [7, 11) is 0. The molecule has 106 valence electrons. The first kappa shape index (κ1) is 15.4. The fraction of sp³-hybridized carbons (Fsp3) is 0.154. The van der Waals surface area contributed by atoms with Crippen molar-refractivity contribution in [2.24, 2.45) is 5.73 Å². The van der Waals surface area contributed by atoms with E-state index in [1.165, 1.54) is 19.9 Å². The summed E-state index contributed by atoms with van der Waals surface area (Å²) in [6.45, 7) is 2.72. The Labute approximate surface area is 114 Å². The topological polar surface area (TPSA) is 113 Å². The number of primary amides is 1. The molecule has 0 aliphatic heterocycles. The summed E-state index contributed by atoms with van der Waals surface area (Å²) in [5.74, 6) is -3.65. The molecule has 4 N–H and O–H groups in total. The minimum Gasteiger partial charge on any atom is -0.478 e. The third-order valence-corrected chi connectivity index (χ3v) is 2.38. The number of nitrogens with two attached hydrogens (primary N) is 1. The molecule has 0 aliphatic rings. The Kier molecular flexibility index (Phi) is 4.58. The van der Waals surface area contributed by atoms with Crippen LogP contribution in [0.3, 0.4) is 0 Å². The zero-order valence-corrected chi connectivity index (χ0v) is 10.9. The molecular formula is C13H13FN2O4. The van der Waals surface area contributed by atoms with E-state index in [0.29, 0.717) is 0 Å². The highest BCUT2D eigenvalue weighted by atomic mass is 19.1. The molecule has 6 nitrogen and oxygen atoms in total. The van der Waals surface area contributed by atoms with E-state index in [4.69, 9.17) is 21.0 Å². The van der Waals surface area contributed by atoms with Gasteiger partial charge in [0.25, 0.3) is 5.91 Å². The summed E-state index contributed by atoms with van der Waals surface area (Å²) in [6, 6.07) is 2.24. The molecule has 0 atom stereocenters. The summed E-state index contributed by atoms with van der Waals surface area (Å²) < 4.78 is 18.9. The standard InChI is InChI=1S/C13H13FN2O4/c1-6(15)5-10(12(16)17)20-9-4-3-8(13(18)19)11(14)7(9)2/h3-5,15H,1-2H3,(H2,16,17)(H,18,19)/b10-5+,15-6?. The second-order valence-corrected chi connectivity index (χ2v) is 4.01. The SMILES string of the molecule is CC(=N)/C=C(/Oc1ccc(C(=O)O)c(F)c1C)C(N)=O. The lowest BCUT2D eigenvalue weighted by atomic mass is 10.1. The van der Waals surface area contributed by atoms with Crippen LogP contribution in [0.4, 0.5) is 4.39 Å². The first-order chi connectivity index (χ1) is 9.23. The maximum Gasteiger partial charge on any atom is 0.338 e. The Balaban J connectivity index is 3.22. The smallest absolute Gasteiger partial charge is 0.338 e. The molecule has 0 bridgehead atoms. The van der Waals surface area contributed by atoms with Gasteiger partial charge in [-0.2, -0.15) is 0 Å². The third-order valence-electron chi connectivity index (χ3n) is 2.38. The van der Waals surface area contributed by atoms with Gasteiger partial charge in [0.2, 0.25) is 0 Å². The highest BCUT2D eigenvalue weighted by Gasteiger charge is 2.18. The van der Waals surface area contributed by atoms with Crippen LogP contribution in [0.15, 0.2) is 24.0 Å². The second kappa shape index (κ2) is 5.96. The molecule has 20 heavy (non-hydrogen) atoms. The number of hydrogen-bond acceptors (Lipinski definition) is 4. The Morgan fingerprint density at radius 2 is 2.05 bits per heavy atom. The molecule has 0 aliphatic carbocycles. The van der Waals surface area contributed by atoms with Crippen LogP contribution >= 0.6 is 0 Å². The molecule has 0 radical (unpaired) electrons. The van der Waals surface area contributed by atoms with Gasteiger partial charge >= 0.3 is 5.97 Å². The van der Waals surface area contributed by atoms with E-state index < -0.39 is 23.3 Å². The lowest BCUT2D eigenvalue weighted by molar-refractivity contribution is -0.116. The van der Waals surface area contributed by atoms with Crippen molar-refractivity contribution in [2.45, 2.75) is 13.8 Å². The number of aromatic carboxylic acids is 1. The average molecular weight is 280 g/mol. The highest BCUT2D eigenvalue weighted by molar-refractivity contribution is 6.00. The number of halogens is 1. The van der Waals surface area contributed by atoms with Gasteiger partial charge in [-0.15, -0.1) is 0 Å². The summed E-state index contributed by atoms with van der Waals surface area (Å²) >= 11 is 0. The van der Waals surface area contributed by atoms with Gasteiger partial charge in [0.15, 0.2) is 5.76 Å². The molecule has 0 spiro atoms. The molecule has 1 amide bonds. The number of carbonyl (C=O) groups excluding carboxylic acids is 1. The van der Waals surface area contributed by atoms with E-state index in [2.05, 4.69) is 0 Å². The van der Waals surface area contributed by atoms with Gasteiger partial charge in [0, 0.05) is 17.4 Å². The Morgan fingerprint density at radius 1 is 1.45 bits per heavy atom. The van der Waals surface area contributed by atoms with E-state index in [1.54, 1.807) is 0 Å². The summed E-state index contributed by atoms with van der Waals surface area (Å²) in [4.78, 5) is 21.9. The van der Waals surface area contributed by atoms with Gasteiger partial charge in [-0.1, -0.05) is 0 Å². The van der Waals surface area contributed by atoms with Crippen molar-refractivity contribution in [2.75, 3.05) is 0 Å². The number of hydrogen-bond donors (Lipinski definition) is 3. The molecule has 7 heteroatoms. The van der Waals surface area contributed by atoms with Gasteiger partial charge in [-0.3, -0.25) is 4.79 Å².